The number of anilines is 1. The fourth-order valence-electron chi connectivity index (χ4n) is 2.48. The minimum Gasteiger partial charge on any atom is -0.504 e. The van der Waals surface area contributed by atoms with Crippen molar-refractivity contribution < 1.29 is 9.90 Å². The summed E-state index contributed by atoms with van der Waals surface area (Å²) in [6, 6.07) is 2.96. The Labute approximate surface area is 141 Å². The number of amides is 1. The molecule has 0 radical (unpaired) electrons. The van der Waals surface area contributed by atoms with E-state index < -0.39 is 11.2 Å². The Morgan fingerprint density at radius 1 is 1.24 bits per heavy atom. The second-order valence-electron chi connectivity index (χ2n) is 5.49. The average molecular weight is 344 g/mol. The van der Waals surface area contributed by atoms with E-state index in [2.05, 4.69) is 15.3 Å². The van der Waals surface area contributed by atoms with Gasteiger partial charge in [0.25, 0.3) is 5.56 Å². The van der Waals surface area contributed by atoms with E-state index in [1.807, 2.05) is 0 Å². The number of nitrogens with zero attached hydrogens (tertiary/aromatic N) is 5. The molecule has 0 saturated carbocycles. The summed E-state index contributed by atoms with van der Waals surface area (Å²) in [5, 5.41) is 12.1. The Morgan fingerprint density at radius 3 is 2.72 bits per heavy atom. The maximum Gasteiger partial charge on any atom is 0.332 e. The zero-order chi connectivity index (χ0) is 18.1. The fourth-order valence-corrected chi connectivity index (χ4v) is 2.48. The lowest BCUT2D eigenvalue weighted by molar-refractivity contribution is -0.116. The van der Waals surface area contributed by atoms with Gasteiger partial charge in [0.15, 0.2) is 22.7 Å². The minimum absolute atomic E-state index is 0.0352. The van der Waals surface area contributed by atoms with Crippen LogP contribution in [0.4, 0.5) is 5.82 Å². The molecule has 0 aliphatic heterocycles. The molecule has 0 aliphatic rings. The Balaban J connectivity index is 1.83. The third-order valence-electron chi connectivity index (χ3n) is 3.84. The fraction of sp³-hybridized carbons (Fsp3) is 0.267. The van der Waals surface area contributed by atoms with Crippen LogP contribution in [0.1, 0.15) is 6.42 Å². The van der Waals surface area contributed by atoms with Crippen LogP contribution in [0.15, 0.2) is 34.2 Å². The molecule has 0 bridgehead atoms. The SMILES string of the molecule is Cn1c(=O)c2c(ncn2CCC(=O)Nc2ncccc2O)n(C)c1=O. The summed E-state index contributed by atoms with van der Waals surface area (Å²) in [5.41, 5.74) is -0.432. The van der Waals surface area contributed by atoms with Crippen LogP contribution >= 0.6 is 0 Å². The standard InChI is InChI=1S/C15H16N6O4/c1-19-13-11(14(24)20(2)15(19)25)21(8-17-13)7-5-10(23)18-12-9(22)4-3-6-16-12/h3-4,6,8,22H,5,7H2,1-2H3,(H,16,18,23). The molecule has 0 atom stereocenters. The van der Waals surface area contributed by atoms with Crippen molar-refractivity contribution in [3.8, 4) is 5.75 Å². The highest BCUT2D eigenvalue weighted by Crippen LogP contribution is 2.18. The number of aryl methyl sites for hydroxylation is 2. The zero-order valence-corrected chi connectivity index (χ0v) is 13.6. The van der Waals surface area contributed by atoms with Crippen LogP contribution in [0, 0.1) is 0 Å². The summed E-state index contributed by atoms with van der Waals surface area (Å²) in [7, 11) is 2.91. The summed E-state index contributed by atoms with van der Waals surface area (Å²) < 4.78 is 3.79. The van der Waals surface area contributed by atoms with Crippen molar-refractivity contribution >= 4 is 22.9 Å². The highest BCUT2D eigenvalue weighted by Gasteiger charge is 2.15. The number of hydrogen-bond acceptors (Lipinski definition) is 6. The van der Waals surface area contributed by atoms with E-state index in [4.69, 9.17) is 0 Å². The van der Waals surface area contributed by atoms with Gasteiger partial charge < -0.3 is 15.0 Å². The van der Waals surface area contributed by atoms with Gasteiger partial charge in [-0.05, 0) is 12.1 Å². The van der Waals surface area contributed by atoms with Crippen molar-refractivity contribution in [2.24, 2.45) is 14.1 Å². The predicted molar refractivity (Wildman–Crippen MR) is 89.4 cm³/mol. The number of aromatic nitrogens is 5. The molecule has 0 spiro atoms. The van der Waals surface area contributed by atoms with E-state index in [1.165, 1.54) is 41.8 Å². The van der Waals surface area contributed by atoms with Crippen LogP contribution in [-0.4, -0.2) is 34.7 Å². The topological polar surface area (TPSA) is 124 Å². The average Bonchev–Trinajstić information content (AvgIpc) is 3.02. The van der Waals surface area contributed by atoms with Crippen LogP contribution in [-0.2, 0) is 25.4 Å². The summed E-state index contributed by atoms with van der Waals surface area (Å²) in [5.74, 6) is -0.438. The molecule has 3 rings (SSSR count). The van der Waals surface area contributed by atoms with E-state index in [9.17, 15) is 19.5 Å². The van der Waals surface area contributed by atoms with Gasteiger partial charge >= 0.3 is 5.69 Å². The summed E-state index contributed by atoms with van der Waals surface area (Å²) in [6.07, 6.45) is 2.90. The Hall–Kier alpha value is -3.43. The number of nitrogens with one attached hydrogen (secondary N) is 1. The van der Waals surface area contributed by atoms with E-state index in [0.717, 1.165) is 4.57 Å². The highest BCUT2D eigenvalue weighted by molar-refractivity contribution is 5.91. The molecule has 3 heterocycles. The number of rotatable bonds is 4. The first-order valence-electron chi connectivity index (χ1n) is 7.45. The van der Waals surface area contributed by atoms with Crippen LogP contribution in [0.3, 0.4) is 0 Å². The summed E-state index contributed by atoms with van der Waals surface area (Å²) in [4.78, 5) is 44.2. The Bertz CT molecular complexity index is 1080. The first-order chi connectivity index (χ1) is 11.9. The van der Waals surface area contributed by atoms with Crippen LogP contribution < -0.4 is 16.6 Å². The van der Waals surface area contributed by atoms with Gasteiger partial charge in [0.2, 0.25) is 5.91 Å². The highest BCUT2D eigenvalue weighted by atomic mass is 16.3. The zero-order valence-electron chi connectivity index (χ0n) is 13.6. The Kier molecular flexibility index (Phi) is 4.09. The molecule has 10 heteroatoms. The Morgan fingerprint density at radius 2 is 2.00 bits per heavy atom. The van der Waals surface area contributed by atoms with Gasteiger partial charge in [0, 0.05) is 33.3 Å². The van der Waals surface area contributed by atoms with Crippen LogP contribution in [0.2, 0.25) is 0 Å². The number of carbonyl (C=O) groups excluding carboxylic acids is 1. The quantitative estimate of drug-likeness (QED) is 0.661. The predicted octanol–water partition coefficient (Wildman–Crippen LogP) is -0.437. The maximum absolute atomic E-state index is 12.3. The van der Waals surface area contributed by atoms with Crippen LogP contribution in [0.25, 0.3) is 11.2 Å². The molecule has 0 fully saturated rings. The number of aromatic hydroxyl groups is 1. The first kappa shape index (κ1) is 16.4. The lowest BCUT2D eigenvalue weighted by Crippen LogP contribution is -2.37. The number of carbonyl (C=O) groups is 1. The lowest BCUT2D eigenvalue weighted by atomic mass is 10.3. The second-order valence-corrected chi connectivity index (χ2v) is 5.49. The van der Waals surface area contributed by atoms with Crippen molar-refractivity contribution in [2.75, 3.05) is 5.32 Å². The molecular formula is C15H16N6O4. The third-order valence-corrected chi connectivity index (χ3v) is 3.84. The van der Waals surface area contributed by atoms with Crippen LogP contribution in [0.5, 0.6) is 5.75 Å². The molecular weight excluding hydrogens is 328 g/mol. The molecule has 0 aliphatic carbocycles. The van der Waals surface area contributed by atoms with Gasteiger partial charge in [0.1, 0.15) is 0 Å². The van der Waals surface area contributed by atoms with E-state index in [-0.39, 0.29) is 41.6 Å². The van der Waals surface area contributed by atoms with Gasteiger partial charge in [-0.15, -0.1) is 0 Å². The summed E-state index contributed by atoms with van der Waals surface area (Å²) >= 11 is 0. The van der Waals surface area contributed by atoms with Crippen molar-refractivity contribution in [1.29, 1.82) is 0 Å². The maximum atomic E-state index is 12.3. The molecule has 3 aromatic heterocycles. The molecule has 0 unspecified atom stereocenters. The van der Waals surface area contributed by atoms with Crippen molar-refractivity contribution in [3.63, 3.8) is 0 Å². The molecule has 25 heavy (non-hydrogen) atoms. The van der Waals surface area contributed by atoms with Crippen molar-refractivity contribution in [3.05, 3.63) is 45.5 Å². The second kappa shape index (κ2) is 6.23. The van der Waals surface area contributed by atoms with Gasteiger partial charge in [0.05, 0.1) is 6.33 Å². The summed E-state index contributed by atoms with van der Waals surface area (Å²) in [6.45, 7) is 0.184. The number of fused-ring (bicyclic) bond motifs is 1. The van der Waals surface area contributed by atoms with Crippen molar-refractivity contribution in [1.82, 2.24) is 23.7 Å². The van der Waals surface area contributed by atoms with Crippen molar-refractivity contribution in [2.45, 2.75) is 13.0 Å². The third kappa shape index (κ3) is 2.89. The smallest absolute Gasteiger partial charge is 0.332 e. The van der Waals surface area contributed by atoms with Gasteiger partial charge in [-0.1, -0.05) is 0 Å². The normalized spacial score (nSPS) is 11.0. The molecule has 2 N–H and O–H groups in total. The largest absolute Gasteiger partial charge is 0.504 e. The molecule has 3 aromatic rings. The van der Waals surface area contributed by atoms with Gasteiger partial charge in [-0.25, -0.2) is 14.8 Å². The monoisotopic (exact) mass is 344 g/mol. The lowest BCUT2D eigenvalue weighted by Gasteiger charge is -2.08. The molecule has 0 saturated heterocycles. The first-order valence-corrected chi connectivity index (χ1v) is 7.45. The number of pyridine rings is 1. The molecule has 130 valence electrons. The number of hydrogen-bond donors (Lipinski definition) is 2. The molecule has 10 nitrogen and oxygen atoms in total. The number of imidazole rings is 1. The molecule has 0 aromatic carbocycles. The van der Waals surface area contributed by atoms with Gasteiger partial charge in [-0.3, -0.25) is 18.7 Å². The van der Waals surface area contributed by atoms with E-state index in [0.29, 0.717) is 0 Å². The molecule has 1 amide bonds. The van der Waals surface area contributed by atoms with E-state index >= 15 is 0 Å². The van der Waals surface area contributed by atoms with Gasteiger partial charge in [-0.2, -0.15) is 0 Å². The van der Waals surface area contributed by atoms with E-state index in [1.54, 1.807) is 6.07 Å². The minimum atomic E-state index is -0.474.